The zero-order valence-corrected chi connectivity index (χ0v) is 32.2. The van der Waals surface area contributed by atoms with E-state index in [1.165, 1.54) is 0 Å². The van der Waals surface area contributed by atoms with E-state index in [9.17, 15) is 0 Å². The van der Waals surface area contributed by atoms with Crippen LogP contribution in [0.2, 0.25) is 0 Å². The Kier molecular flexibility index (Phi) is 36.8. The van der Waals surface area contributed by atoms with E-state index in [0.29, 0.717) is 163 Å². The van der Waals surface area contributed by atoms with Crippen LogP contribution < -0.4 is 14.2 Å². The van der Waals surface area contributed by atoms with Gasteiger partial charge in [0, 0.05) is 21.3 Å². The van der Waals surface area contributed by atoms with Crippen LogP contribution in [-0.4, -0.2) is 198 Å². The molecule has 0 saturated carbocycles. The van der Waals surface area contributed by atoms with Gasteiger partial charge in [-0.25, -0.2) is 0 Å². The second-order valence-electron chi connectivity index (χ2n) is 10.7. The molecule has 0 aliphatic rings. The second-order valence-corrected chi connectivity index (χ2v) is 10.7. The van der Waals surface area contributed by atoms with Crippen LogP contribution in [0.3, 0.4) is 0 Å². The summed E-state index contributed by atoms with van der Waals surface area (Å²) in [4.78, 5) is 0. The summed E-state index contributed by atoms with van der Waals surface area (Å²) in [6.45, 7) is 10.7. The summed E-state index contributed by atoms with van der Waals surface area (Å²) in [6, 6.07) is 3.73. The molecule has 1 aromatic carbocycles. The number of aliphatic hydroxyl groups excluding tert-OH is 1. The molecule has 0 spiro atoms. The molecule has 312 valence electrons. The van der Waals surface area contributed by atoms with E-state index in [1.54, 1.807) is 21.3 Å². The summed E-state index contributed by atoms with van der Waals surface area (Å²) in [5.74, 6) is 1.39. The van der Waals surface area contributed by atoms with Crippen molar-refractivity contribution in [1.82, 2.24) is 0 Å². The Morgan fingerprint density at radius 2 is 0.623 bits per heavy atom. The SMILES string of the molecule is COCCOCCOCCOc1cc(COCCOCCOCCOCCO)cc(OCCOCCOCCOC)c1OCCOCCOCCOC. The van der Waals surface area contributed by atoms with Gasteiger partial charge in [0.15, 0.2) is 11.5 Å². The average Bonchev–Trinajstić information content (AvgIpc) is 3.17. The predicted octanol–water partition coefficient (Wildman–Crippen LogP) is 1.42. The largest absolute Gasteiger partial charge is 0.487 e. The van der Waals surface area contributed by atoms with Crippen molar-refractivity contribution in [2.75, 3.05) is 193 Å². The molecule has 0 aliphatic carbocycles. The molecule has 1 aromatic rings. The highest BCUT2D eigenvalue weighted by Gasteiger charge is 2.17. The molecule has 1 rings (SSSR count). The Bertz CT molecular complexity index is 855. The highest BCUT2D eigenvalue weighted by molar-refractivity contribution is 5.54. The fraction of sp³-hybridized carbons (Fsp3) is 0.833. The van der Waals surface area contributed by atoms with Crippen LogP contribution in [0, 0.1) is 0 Å². The minimum absolute atomic E-state index is 0.00478. The van der Waals surface area contributed by atoms with Crippen molar-refractivity contribution in [1.29, 1.82) is 0 Å². The third kappa shape index (κ3) is 31.0. The van der Waals surface area contributed by atoms with Crippen molar-refractivity contribution in [2.24, 2.45) is 0 Å². The highest BCUT2D eigenvalue weighted by atomic mass is 16.6. The number of rotatable bonds is 43. The molecule has 0 bridgehead atoms. The van der Waals surface area contributed by atoms with Crippen molar-refractivity contribution in [3.8, 4) is 17.2 Å². The Morgan fingerprint density at radius 3 is 0.962 bits per heavy atom. The van der Waals surface area contributed by atoms with Crippen LogP contribution in [0.25, 0.3) is 0 Å². The average molecular weight is 771 g/mol. The molecule has 0 unspecified atom stereocenters. The third-order valence-corrected chi connectivity index (χ3v) is 6.56. The second kappa shape index (κ2) is 39.7. The molecule has 0 atom stereocenters. The summed E-state index contributed by atoms with van der Waals surface area (Å²) >= 11 is 0. The number of ether oxygens (including phenoxy) is 16. The molecule has 17 heteroatoms. The molecule has 17 nitrogen and oxygen atoms in total. The van der Waals surface area contributed by atoms with Gasteiger partial charge in [-0.15, -0.1) is 0 Å². The number of aliphatic hydroxyl groups is 1. The number of hydrogen-bond acceptors (Lipinski definition) is 17. The van der Waals surface area contributed by atoms with Crippen LogP contribution >= 0.6 is 0 Å². The number of hydrogen-bond donors (Lipinski definition) is 1. The van der Waals surface area contributed by atoms with E-state index >= 15 is 0 Å². The molecule has 0 aromatic heterocycles. The maximum atomic E-state index is 8.73. The topological polar surface area (TPSA) is 168 Å². The molecule has 0 fully saturated rings. The van der Waals surface area contributed by atoms with E-state index in [0.717, 1.165) is 5.56 Å². The van der Waals surface area contributed by atoms with E-state index in [2.05, 4.69) is 0 Å². The van der Waals surface area contributed by atoms with E-state index in [1.807, 2.05) is 12.1 Å². The first kappa shape index (κ1) is 49.1. The van der Waals surface area contributed by atoms with Gasteiger partial charge in [0.25, 0.3) is 0 Å². The van der Waals surface area contributed by atoms with Crippen molar-refractivity contribution in [3.63, 3.8) is 0 Å². The minimum Gasteiger partial charge on any atom is -0.487 e. The zero-order chi connectivity index (χ0) is 38.1. The molecule has 0 aliphatic heterocycles. The lowest BCUT2D eigenvalue weighted by atomic mass is 10.2. The smallest absolute Gasteiger partial charge is 0.203 e. The molecule has 1 N–H and O–H groups in total. The first-order valence-corrected chi connectivity index (χ1v) is 18.2. The minimum atomic E-state index is -0.00478. The van der Waals surface area contributed by atoms with E-state index in [4.69, 9.17) is 80.9 Å². The van der Waals surface area contributed by atoms with Crippen molar-refractivity contribution < 1.29 is 80.9 Å². The fourth-order valence-electron chi connectivity index (χ4n) is 4.00. The first-order valence-electron chi connectivity index (χ1n) is 18.2. The number of benzene rings is 1. The quantitative estimate of drug-likeness (QED) is 0.0947. The highest BCUT2D eigenvalue weighted by Crippen LogP contribution is 2.39. The lowest BCUT2D eigenvalue weighted by Gasteiger charge is -2.19. The monoisotopic (exact) mass is 770 g/mol. The molecule has 0 radical (unpaired) electrons. The molecule has 0 amide bonds. The summed E-state index contributed by atoms with van der Waals surface area (Å²) < 4.78 is 89.0. The first-order chi connectivity index (χ1) is 26.3. The summed E-state index contributed by atoms with van der Waals surface area (Å²) in [5.41, 5.74) is 0.818. The Hall–Kier alpha value is -1.94. The normalized spacial score (nSPS) is 11.4. The summed E-state index contributed by atoms with van der Waals surface area (Å²) in [5, 5.41) is 8.73. The Labute approximate surface area is 315 Å². The van der Waals surface area contributed by atoms with Gasteiger partial charge in [0.05, 0.1) is 159 Å². The number of methoxy groups -OCH3 is 3. The van der Waals surface area contributed by atoms with Crippen LogP contribution in [0.1, 0.15) is 5.56 Å². The fourth-order valence-corrected chi connectivity index (χ4v) is 4.00. The Balaban J connectivity index is 2.78. The maximum Gasteiger partial charge on any atom is 0.203 e. The summed E-state index contributed by atoms with van der Waals surface area (Å²) in [7, 11) is 4.89. The van der Waals surface area contributed by atoms with Gasteiger partial charge >= 0.3 is 0 Å². The van der Waals surface area contributed by atoms with Gasteiger partial charge < -0.3 is 80.9 Å². The van der Waals surface area contributed by atoms with Gasteiger partial charge in [-0.05, 0) is 17.7 Å². The maximum absolute atomic E-state index is 8.73. The predicted molar refractivity (Wildman–Crippen MR) is 193 cm³/mol. The van der Waals surface area contributed by atoms with Crippen LogP contribution in [-0.2, 0) is 68.2 Å². The van der Waals surface area contributed by atoms with Crippen molar-refractivity contribution in [3.05, 3.63) is 17.7 Å². The van der Waals surface area contributed by atoms with Gasteiger partial charge in [-0.1, -0.05) is 0 Å². The summed E-state index contributed by atoms with van der Waals surface area (Å²) in [6.07, 6.45) is 0. The van der Waals surface area contributed by atoms with Crippen LogP contribution in [0.15, 0.2) is 12.1 Å². The van der Waals surface area contributed by atoms with Gasteiger partial charge in [-0.2, -0.15) is 0 Å². The molecular formula is C36H66O17. The Morgan fingerprint density at radius 1 is 0.340 bits per heavy atom. The van der Waals surface area contributed by atoms with Crippen LogP contribution in [0.5, 0.6) is 17.2 Å². The van der Waals surface area contributed by atoms with Gasteiger partial charge in [0.1, 0.15) is 19.8 Å². The van der Waals surface area contributed by atoms with Crippen molar-refractivity contribution >= 4 is 0 Å². The van der Waals surface area contributed by atoms with E-state index < -0.39 is 0 Å². The molecule has 0 heterocycles. The van der Waals surface area contributed by atoms with Gasteiger partial charge in [-0.3, -0.25) is 0 Å². The molecule has 0 saturated heterocycles. The molecule has 53 heavy (non-hydrogen) atoms. The van der Waals surface area contributed by atoms with Gasteiger partial charge in [0.2, 0.25) is 5.75 Å². The van der Waals surface area contributed by atoms with Crippen molar-refractivity contribution in [2.45, 2.75) is 6.61 Å². The third-order valence-electron chi connectivity index (χ3n) is 6.56. The molecular weight excluding hydrogens is 704 g/mol. The van der Waals surface area contributed by atoms with Crippen LogP contribution in [0.4, 0.5) is 0 Å². The lowest BCUT2D eigenvalue weighted by molar-refractivity contribution is -0.00748. The standard InChI is InChI=1S/C36H66O17/c1-38-6-9-42-14-19-47-24-27-51-34-30-33(32-50-23-22-46-18-17-45-13-12-41-5-4-37)31-35(52-28-25-48-20-15-43-10-7-39-2)36(34)53-29-26-49-21-16-44-11-8-40-3/h30-31,37H,4-29,32H2,1-3H3. The zero-order valence-electron chi connectivity index (χ0n) is 32.2. The van der Waals surface area contributed by atoms with E-state index in [-0.39, 0.29) is 33.0 Å². The lowest BCUT2D eigenvalue weighted by Crippen LogP contribution is -2.16.